The van der Waals surface area contributed by atoms with Gasteiger partial charge in [-0.2, -0.15) is 0 Å². The Bertz CT molecular complexity index is 2030. The third-order valence-electron chi connectivity index (χ3n) is 15.4. The number of unbranched alkanes of at least 4 members (excludes halogenated alkanes) is 8. The van der Waals surface area contributed by atoms with Gasteiger partial charge < -0.3 is 46.2 Å². The fourth-order valence-electron chi connectivity index (χ4n) is 10.7. The lowest BCUT2D eigenvalue weighted by molar-refractivity contribution is -0.929. The van der Waals surface area contributed by atoms with Crippen LogP contribution in [0.4, 0.5) is 0 Å². The normalized spacial score (nSPS) is 19.7. The lowest BCUT2D eigenvalue weighted by Crippen LogP contribution is -2.50. The number of rotatable bonds is 28. The van der Waals surface area contributed by atoms with Crippen LogP contribution in [0, 0.1) is 0 Å². The Morgan fingerprint density at radius 3 is 0.600 bits per heavy atom. The molecule has 4 atom stereocenters. The quantitative estimate of drug-likeness (QED) is 0.0395. The van der Waals surface area contributed by atoms with E-state index in [0.29, 0.717) is 22.3 Å². The van der Waals surface area contributed by atoms with Gasteiger partial charge in [0, 0.05) is 0 Å². The second kappa shape index (κ2) is 34.2. The molecule has 4 aromatic carbocycles. The summed E-state index contributed by atoms with van der Waals surface area (Å²) in [5.74, 6) is -2.56. The minimum absolute atomic E-state index is 0.610. The molecule has 4 heterocycles. The molecule has 440 valence electrons. The molecule has 0 unspecified atom stereocenters. The van der Waals surface area contributed by atoms with Crippen molar-refractivity contribution in [3.8, 4) is 0 Å². The van der Waals surface area contributed by atoms with Gasteiger partial charge in [0.1, 0.15) is 24.4 Å². The Morgan fingerprint density at radius 1 is 0.287 bits per heavy atom. The lowest BCUT2D eigenvalue weighted by atomic mass is 10.1. The van der Waals surface area contributed by atoms with Crippen LogP contribution in [0.5, 0.6) is 0 Å². The second-order valence-corrected chi connectivity index (χ2v) is 21.9. The maximum Gasteiger partial charge on any atom is 0.657 e. The van der Waals surface area contributed by atoms with Crippen LogP contribution in [0.2, 0.25) is 0 Å². The minimum atomic E-state index is -2.87. The van der Waals surface area contributed by atoms with Crippen molar-refractivity contribution in [1.29, 1.82) is 0 Å². The van der Waals surface area contributed by atoms with Gasteiger partial charge in [-0.3, -0.25) is 19.2 Å². The molecular formula is C64H96B2N2O12. The van der Waals surface area contributed by atoms with Crippen LogP contribution in [0.1, 0.15) is 205 Å². The highest BCUT2D eigenvalue weighted by Crippen LogP contribution is 2.43. The molecule has 4 aliphatic heterocycles. The van der Waals surface area contributed by atoms with Gasteiger partial charge >= 0.3 is 13.9 Å². The molecule has 14 nitrogen and oxygen atoms in total. The summed E-state index contributed by atoms with van der Waals surface area (Å²) in [6, 6.07) is 35.3. The smallest absolute Gasteiger partial charge is 0.606 e. The minimum Gasteiger partial charge on any atom is -0.606 e. The fraction of sp³-hybridized carbons (Fsp3) is 0.562. The lowest BCUT2D eigenvalue weighted by Gasteiger charge is -2.39. The maximum atomic E-state index is 12.1. The van der Waals surface area contributed by atoms with E-state index in [1.54, 1.807) is 97.1 Å². The zero-order valence-electron chi connectivity index (χ0n) is 49.8. The second-order valence-electron chi connectivity index (χ2n) is 21.9. The molecule has 0 aromatic heterocycles. The zero-order valence-corrected chi connectivity index (χ0v) is 49.8. The molecule has 0 bridgehead atoms. The zero-order chi connectivity index (χ0) is 57.7. The highest BCUT2D eigenvalue weighted by Gasteiger charge is 2.58. The van der Waals surface area contributed by atoms with Crippen molar-refractivity contribution in [3.05, 3.63) is 144 Å². The average molecular weight is 1110 g/mol. The molecule has 0 aliphatic carbocycles. The van der Waals surface area contributed by atoms with E-state index in [4.69, 9.17) is 37.2 Å². The van der Waals surface area contributed by atoms with Crippen LogP contribution in [0.3, 0.4) is 0 Å². The number of hydrogen-bond acceptors (Lipinski definition) is 12. The first-order valence-corrected chi connectivity index (χ1v) is 30.6. The predicted octanol–water partition coefficient (Wildman–Crippen LogP) is 14.1. The van der Waals surface area contributed by atoms with Crippen LogP contribution < -0.4 is 0 Å². The highest BCUT2D eigenvalue weighted by atomic mass is 16.9. The van der Waals surface area contributed by atoms with E-state index in [0.717, 1.165) is 0 Å². The molecule has 0 N–H and O–H groups in total. The largest absolute Gasteiger partial charge is 0.657 e. The van der Waals surface area contributed by atoms with Gasteiger partial charge in [-0.05, 0) is 73.6 Å². The number of quaternary nitrogens is 2. The molecule has 4 fully saturated rings. The van der Waals surface area contributed by atoms with E-state index >= 15 is 0 Å². The predicted molar refractivity (Wildman–Crippen MR) is 316 cm³/mol. The number of carbonyl (C=O) groups excluding carboxylic acids is 4. The first-order chi connectivity index (χ1) is 38.8. The number of nitrogens with zero attached hydrogens (tertiary/aromatic N) is 2. The van der Waals surface area contributed by atoms with E-state index in [2.05, 4.69) is 55.4 Å². The SMILES string of the molecule is CCCC[N+](CCCC)(CCCC)CCCC.CCCC[N+](CCCC)(CCCC)CCCC.O=C1O[B-]2(OC(=O)[C@@H](c3ccccc3)O2)O[C@@H]1c1ccccc1.O=C1O[B-]2(OC(=O)[C@@H](c3ccccc3)O2)O[C@@H]1c1ccccc1. The summed E-state index contributed by atoms with van der Waals surface area (Å²) >= 11 is 0. The maximum absolute atomic E-state index is 12.1. The summed E-state index contributed by atoms with van der Waals surface area (Å²) in [5, 5.41) is 0. The van der Waals surface area contributed by atoms with E-state index in [1.807, 2.05) is 24.3 Å². The average Bonchev–Trinajstić information content (AvgIpc) is 4.22. The van der Waals surface area contributed by atoms with Gasteiger partial charge in [0.05, 0.1) is 52.4 Å². The molecular weight excluding hydrogens is 1010 g/mol. The Labute approximate surface area is 479 Å². The Morgan fingerprint density at radius 2 is 0.450 bits per heavy atom. The number of hydrogen-bond donors (Lipinski definition) is 0. The van der Waals surface area contributed by atoms with Crippen molar-refractivity contribution in [2.24, 2.45) is 0 Å². The summed E-state index contributed by atoms with van der Waals surface area (Å²) in [7, 11) is 0. The summed E-state index contributed by atoms with van der Waals surface area (Å²) in [4.78, 5) is 48.3. The van der Waals surface area contributed by atoms with Gasteiger partial charge in [0.25, 0.3) is 23.9 Å². The topological polar surface area (TPSA) is 142 Å². The fourth-order valence-corrected chi connectivity index (χ4v) is 10.7. The molecule has 0 saturated carbocycles. The summed E-state index contributed by atoms with van der Waals surface area (Å²) in [6.45, 7) is 24.3. The van der Waals surface area contributed by atoms with Crippen molar-refractivity contribution >= 4 is 37.8 Å². The standard InChI is InChI=1S/2C16H12BO6.2C16H36N/c2*18-15-13(11-7-3-1-4-8-11)20-17(22-15)21-14(16(19)23-17)12-9-5-2-6-10-12;2*1-5-9-13-17(14-10-6-2,15-11-7-3)16-12-8-4/h2*1-10,13-14H;2*5-16H2,1-4H3/q2*-1;2*+1/t2*13-,14-,17?;;/m11../s1. The third kappa shape index (κ3) is 19.4. The van der Waals surface area contributed by atoms with Crippen LogP contribution in [0.15, 0.2) is 121 Å². The molecule has 0 amide bonds. The van der Waals surface area contributed by atoms with E-state index in [9.17, 15) is 19.2 Å². The van der Waals surface area contributed by atoms with Crippen molar-refractivity contribution in [3.63, 3.8) is 0 Å². The van der Waals surface area contributed by atoms with Crippen molar-refractivity contribution in [2.75, 3.05) is 52.4 Å². The Balaban J connectivity index is 0.000000199. The van der Waals surface area contributed by atoms with E-state index < -0.39 is 62.2 Å². The third-order valence-corrected chi connectivity index (χ3v) is 15.4. The molecule has 80 heavy (non-hydrogen) atoms. The molecule has 0 radical (unpaired) electrons. The van der Waals surface area contributed by atoms with E-state index in [-0.39, 0.29) is 0 Å². The van der Waals surface area contributed by atoms with Crippen molar-refractivity contribution in [1.82, 2.24) is 0 Å². The van der Waals surface area contributed by atoms with Crippen LogP contribution >= 0.6 is 0 Å². The summed E-state index contributed by atoms with van der Waals surface area (Å²) in [5.41, 5.74) is 2.44. The Kier molecular flexibility index (Phi) is 28.0. The summed E-state index contributed by atoms with van der Waals surface area (Å²) < 4.78 is 45.6. The molecule has 4 aliphatic rings. The van der Waals surface area contributed by atoms with Gasteiger partial charge in [0.2, 0.25) is 0 Å². The van der Waals surface area contributed by atoms with Crippen LogP contribution in [0.25, 0.3) is 0 Å². The molecule has 2 spiro atoms. The molecule has 4 aromatic rings. The number of benzene rings is 4. The van der Waals surface area contributed by atoms with Crippen molar-refractivity contribution in [2.45, 2.75) is 183 Å². The van der Waals surface area contributed by atoms with Crippen LogP contribution in [-0.2, 0) is 56.4 Å². The van der Waals surface area contributed by atoms with Gasteiger partial charge in [0.15, 0.2) is 0 Å². The molecule has 4 saturated heterocycles. The highest BCUT2D eigenvalue weighted by molar-refractivity contribution is 6.61. The van der Waals surface area contributed by atoms with Crippen LogP contribution in [-0.4, -0.2) is 99.1 Å². The van der Waals surface area contributed by atoms with Crippen molar-refractivity contribution < 1.29 is 65.4 Å². The first-order valence-electron chi connectivity index (χ1n) is 30.6. The monoisotopic (exact) mass is 1110 g/mol. The van der Waals surface area contributed by atoms with Gasteiger partial charge in [-0.15, -0.1) is 0 Å². The number of carbonyl (C=O) groups is 4. The summed E-state index contributed by atoms with van der Waals surface area (Å²) in [6.07, 6.45) is 18.2. The first kappa shape index (κ1) is 65.5. The van der Waals surface area contributed by atoms with E-state index in [1.165, 1.54) is 164 Å². The molecule has 16 heteroatoms. The van der Waals surface area contributed by atoms with Gasteiger partial charge in [-0.1, -0.05) is 228 Å². The molecule has 8 rings (SSSR count). The Hall–Kier alpha value is -5.35. The van der Waals surface area contributed by atoms with Gasteiger partial charge in [-0.25, -0.2) is 0 Å².